The third-order valence-corrected chi connectivity index (χ3v) is 5.54. The Morgan fingerprint density at radius 2 is 1.92 bits per heavy atom. The van der Waals surface area contributed by atoms with E-state index in [1.165, 1.54) is 11.8 Å². The molecule has 2 aliphatic heterocycles. The first-order valence-corrected chi connectivity index (χ1v) is 9.10. The number of hydrogen-bond donors (Lipinski definition) is 0. The van der Waals surface area contributed by atoms with Crippen LogP contribution in [-0.4, -0.2) is 21.9 Å². The minimum absolute atomic E-state index is 0.118. The van der Waals surface area contributed by atoms with Crippen LogP contribution in [0.15, 0.2) is 47.4 Å². The first kappa shape index (κ1) is 16.4. The van der Waals surface area contributed by atoms with Crippen molar-refractivity contribution in [3.8, 4) is 11.5 Å². The highest BCUT2D eigenvalue weighted by Gasteiger charge is 2.32. The van der Waals surface area contributed by atoms with E-state index in [0.717, 1.165) is 5.56 Å². The van der Waals surface area contributed by atoms with Crippen molar-refractivity contribution in [3.63, 3.8) is 0 Å². The van der Waals surface area contributed by atoms with E-state index in [0.29, 0.717) is 37.9 Å². The Kier molecular flexibility index (Phi) is 4.41. The summed E-state index contributed by atoms with van der Waals surface area (Å²) in [5.74, 6) is 1.11. The predicted octanol–water partition coefficient (Wildman–Crippen LogP) is 4.47. The highest BCUT2D eigenvalue weighted by atomic mass is 35.5. The summed E-state index contributed by atoms with van der Waals surface area (Å²) in [5.41, 5.74) is 1.73. The molecule has 0 aromatic heterocycles. The van der Waals surface area contributed by atoms with Crippen molar-refractivity contribution in [1.82, 2.24) is 4.90 Å². The number of carbonyl (C=O) groups is 1. The number of amides is 1. The highest BCUT2D eigenvalue weighted by molar-refractivity contribution is 8.26. The normalized spacial score (nSPS) is 17.6. The predicted molar refractivity (Wildman–Crippen MR) is 103 cm³/mol. The van der Waals surface area contributed by atoms with Crippen molar-refractivity contribution in [2.45, 2.75) is 6.54 Å². The number of nitrogens with zero attached hydrogens (tertiary/aromatic N) is 1. The van der Waals surface area contributed by atoms with E-state index in [9.17, 15) is 4.79 Å². The molecule has 0 atom stereocenters. The molecule has 2 aromatic carbocycles. The maximum atomic E-state index is 12.7. The Hall–Kier alpha value is -2.02. The summed E-state index contributed by atoms with van der Waals surface area (Å²) in [5, 5.41) is 0.498. The van der Waals surface area contributed by atoms with Crippen LogP contribution in [0.2, 0.25) is 5.02 Å². The SMILES string of the molecule is O=C1C(=Cc2cc3c(cc2Cl)OCO3)SC(=S)N1Cc1ccccc1. The zero-order valence-electron chi connectivity index (χ0n) is 12.9. The zero-order chi connectivity index (χ0) is 17.4. The largest absolute Gasteiger partial charge is 0.454 e. The Morgan fingerprint density at radius 3 is 2.68 bits per heavy atom. The fourth-order valence-electron chi connectivity index (χ4n) is 2.59. The number of benzene rings is 2. The van der Waals surface area contributed by atoms with E-state index >= 15 is 0 Å². The van der Waals surface area contributed by atoms with Gasteiger partial charge in [-0.1, -0.05) is 65.9 Å². The van der Waals surface area contributed by atoms with Crippen molar-refractivity contribution in [2.75, 3.05) is 6.79 Å². The lowest BCUT2D eigenvalue weighted by Crippen LogP contribution is -2.27. The van der Waals surface area contributed by atoms with E-state index in [2.05, 4.69) is 0 Å². The molecule has 2 aromatic rings. The zero-order valence-corrected chi connectivity index (χ0v) is 15.3. The van der Waals surface area contributed by atoms with Gasteiger partial charge in [-0.3, -0.25) is 9.69 Å². The molecule has 0 unspecified atom stereocenters. The second-order valence-corrected chi connectivity index (χ2v) is 7.56. The summed E-state index contributed by atoms with van der Waals surface area (Å²) in [7, 11) is 0. The molecule has 0 aliphatic carbocycles. The van der Waals surface area contributed by atoms with Gasteiger partial charge in [-0.2, -0.15) is 0 Å². The van der Waals surface area contributed by atoms with E-state index in [-0.39, 0.29) is 12.7 Å². The number of halogens is 1. The Balaban J connectivity index is 1.60. The molecule has 25 heavy (non-hydrogen) atoms. The van der Waals surface area contributed by atoms with Crippen LogP contribution in [0.3, 0.4) is 0 Å². The molecule has 0 radical (unpaired) electrons. The number of thiocarbonyl (C=S) groups is 1. The molecule has 126 valence electrons. The van der Waals surface area contributed by atoms with Crippen molar-refractivity contribution in [3.05, 3.63) is 63.5 Å². The molecule has 1 saturated heterocycles. The monoisotopic (exact) mass is 389 g/mol. The van der Waals surface area contributed by atoms with E-state index in [1.807, 2.05) is 30.3 Å². The van der Waals surface area contributed by atoms with E-state index in [1.54, 1.807) is 23.1 Å². The third kappa shape index (κ3) is 3.25. The quantitative estimate of drug-likeness (QED) is 0.572. The summed E-state index contributed by atoms with van der Waals surface area (Å²) in [4.78, 5) is 14.9. The summed E-state index contributed by atoms with van der Waals surface area (Å²) >= 11 is 12.9. The van der Waals surface area contributed by atoms with E-state index in [4.69, 9.17) is 33.3 Å². The minimum atomic E-state index is -0.118. The van der Waals surface area contributed by atoms with Crippen molar-refractivity contribution >= 4 is 51.9 Å². The van der Waals surface area contributed by atoms with Gasteiger partial charge >= 0.3 is 0 Å². The van der Waals surface area contributed by atoms with Crippen LogP contribution in [0, 0.1) is 0 Å². The topological polar surface area (TPSA) is 38.8 Å². The van der Waals surface area contributed by atoms with Gasteiger partial charge in [-0.25, -0.2) is 0 Å². The summed E-state index contributed by atoms with van der Waals surface area (Å²) in [6, 6.07) is 13.2. The number of ether oxygens (including phenoxy) is 2. The van der Waals surface area contributed by atoms with Gasteiger partial charge in [0, 0.05) is 6.07 Å². The van der Waals surface area contributed by atoms with Gasteiger partial charge in [0.15, 0.2) is 11.5 Å². The van der Waals surface area contributed by atoms with Crippen LogP contribution in [-0.2, 0) is 11.3 Å². The lowest BCUT2D eigenvalue weighted by Gasteiger charge is -2.14. The number of carbonyl (C=O) groups excluding carboxylic acids is 1. The molecule has 7 heteroatoms. The van der Waals surface area contributed by atoms with Gasteiger partial charge in [0.1, 0.15) is 4.32 Å². The highest BCUT2D eigenvalue weighted by Crippen LogP contribution is 2.40. The average molecular weight is 390 g/mol. The number of rotatable bonds is 3. The van der Waals surface area contributed by atoms with Crippen molar-refractivity contribution in [1.29, 1.82) is 0 Å². The summed E-state index contributed by atoms with van der Waals surface area (Å²) in [6.45, 7) is 0.631. The standard InChI is InChI=1S/C18H12ClNO3S2/c19-13-8-15-14(22-10-23-15)6-12(13)7-16-17(21)20(18(24)25-16)9-11-4-2-1-3-5-11/h1-8H,9-10H2. The van der Waals surface area contributed by atoms with Gasteiger partial charge in [-0.15, -0.1) is 0 Å². The van der Waals surface area contributed by atoms with Crippen molar-refractivity contribution < 1.29 is 14.3 Å². The Bertz CT molecular complexity index is 899. The molecular weight excluding hydrogens is 378 g/mol. The first-order chi connectivity index (χ1) is 12.1. The van der Waals surface area contributed by atoms with Crippen LogP contribution >= 0.6 is 35.6 Å². The van der Waals surface area contributed by atoms with Gasteiger partial charge < -0.3 is 9.47 Å². The third-order valence-electron chi connectivity index (χ3n) is 3.84. The van der Waals surface area contributed by atoms with Gasteiger partial charge in [0.05, 0.1) is 16.5 Å². The Morgan fingerprint density at radius 1 is 1.20 bits per heavy atom. The van der Waals surface area contributed by atoms with Gasteiger partial charge in [0.25, 0.3) is 5.91 Å². The number of hydrogen-bond acceptors (Lipinski definition) is 5. The molecule has 0 spiro atoms. The van der Waals surface area contributed by atoms with Gasteiger partial charge in [0.2, 0.25) is 6.79 Å². The van der Waals surface area contributed by atoms with Crippen LogP contribution in [0.25, 0.3) is 6.08 Å². The lowest BCUT2D eigenvalue weighted by atomic mass is 10.1. The average Bonchev–Trinajstić information content (AvgIpc) is 3.16. The summed E-state index contributed by atoms with van der Waals surface area (Å²) in [6.07, 6.45) is 1.74. The smallest absolute Gasteiger partial charge is 0.266 e. The second-order valence-electron chi connectivity index (χ2n) is 5.48. The van der Waals surface area contributed by atoms with Crippen LogP contribution in [0.4, 0.5) is 0 Å². The molecule has 0 N–H and O–H groups in total. The van der Waals surface area contributed by atoms with Gasteiger partial charge in [-0.05, 0) is 23.3 Å². The first-order valence-electron chi connectivity index (χ1n) is 7.50. The molecule has 2 aliphatic rings. The Labute approximate surface area is 159 Å². The van der Waals surface area contributed by atoms with Crippen LogP contribution in [0.1, 0.15) is 11.1 Å². The molecule has 0 saturated carbocycles. The molecule has 2 heterocycles. The maximum Gasteiger partial charge on any atom is 0.266 e. The molecule has 1 fully saturated rings. The second kappa shape index (κ2) is 6.71. The molecule has 4 nitrogen and oxygen atoms in total. The lowest BCUT2D eigenvalue weighted by molar-refractivity contribution is -0.122. The molecular formula is C18H12ClNO3S2. The molecule has 1 amide bonds. The van der Waals surface area contributed by atoms with Crippen LogP contribution < -0.4 is 9.47 Å². The fraction of sp³-hybridized carbons (Fsp3) is 0.111. The van der Waals surface area contributed by atoms with Crippen molar-refractivity contribution in [2.24, 2.45) is 0 Å². The van der Waals surface area contributed by atoms with E-state index < -0.39 is 0 Å². The maximum absolute atomic E-state index is 12.7. The number of thioether (sulfide) groups is 1. The molecule has 4 rings (SSSR count). The minimum Gasteiger partial charge on any atom is -0.454 e. The van der Waals surface area contributed by atoms with Crippen LogP contribution in [0.5, 0.6) is 11.5 Å². The summed E-state index contributed by atoms with van der Waals surface area (Å²) < 4.78 is 11.2. The fourth-order valence-corrected chi connectivity index (χ4v) is 4.04. The number of fused-ring (bicyclic) bond motifs is 1. The molecule has 0 bridgehead atoms.